The number of nitrogens with zero attached hydrogens (tertiary/aromatic N) is 5. The average Bonchev–Trinajstić information content (AvgIpc) is 3.30. The molecule has 1 saturated carbocycles. The maximum Gasteiger partial charge on any atom is 0.433 e. The van der Waals surface area contributed by atoms with Crippen molar-refractivity contribution in [1.29, 1.82) is 0 Å². The molecule has 0 bridgehead atoms. The highest BCUT2D eigenvalue weighted by Gasteiger charge is 2.32. The van der Waals surface area contributed by atoms with Crippen LogP contribution in [0.25, 0.3) is 11.3 Å². The van der Waals surface area contributed by atoms with Gasteiger partial charge in [-0.25, -0.2) is 0 Å². The van der Waals surface area contributed by atoms with Gasteiger partial charge in [0.05, 0.1) is 11.4 Å². The van der Waals surface area contributed by atoms with Crippen LogP contribution in [0.1, 0.15) is 65.6 Å². The van der Waals surface area contributed by atoms with Crippen LogP contribution < -0.4 is 5.73 Å². The highest BCUT2D eigenvalue weighted by Crippen LogP contribution is 2.35. The largest absolute Gasteiger partial charge is 0.433 e. The number of hydrogen-bond acceptors (Lipinski definition) is 4. The fourth-order valence-corrected chi connectivity index (χ4v) is 3.93. The number of halogens is 3. The molecule has 0 spiro atoms. The van der Waals surface area contributed by atoms with E-state index in [0.717, 1.165) is 43.3 Å². The lowest BCUT2D eigenvalue weighted by molar-refractivity contribution is -0.141. The maximum atomic E-state index is 12.6. The summed E-state index contributed by atoms with van der Waals surface area (Å²) in [5, 5.41) is 8.64. The van der Waals surface area contributed by atoms with E-state index in [0.29, 0.717) is 22.9 Å². The van der Waals surface area contributed by atoms with Gasteiger partial charge in [0.2, 0.25) is 0 Å². The van der Waals surface area contributed by atoms with Gasteiger partial charge in [-0.15, -0.1) is 0 Å². The van der Waals surface area contributed by atoms with Crippen molar-refractivity contribution in [3.63, 3.8) is 0 Å². The van der Waals surface area contributed by atoms with E-state index in [-0.39, 0.29) is 0 Å². The van der Waals surface area contributed by atoms with E-state index in [1.54, 1.807) is 17.8 Å². The highest BCUT2D eigenvalue weighted by atomic mass is 19.4. The van der Waals surface area contributed by atoms with E-state index < -0.39 is 17.8 Å². The minimum atomic E-state index is -4.42. The number of fused-ring (bicyclic) bond motifs is 1. The van der Waals surface area contributed by atoms with Crippen LogP contribution in [0.5, 0.6) is 0 Å². The molecule has 0 unspecified atom stereocenters. The summed E-state index contributed by atoms with van der Waals surface area (Å²) in [5.41, 5.74) is 7.97. The zero-order valence-corrected chi connectivity index (χ0v) is 17.8. The van der Waals surface area contributed by atoms with E-state index in [1.165, 1.54) is 25.5 Å². The second kappa shape index (κ2) is 8.76. The third kappa shape index (κ3) is 4.68. The molecule has 1 aliphatic heterocycles. The van der Waals surface area contributed by atoms with E-state index >= 15 is 0 Å². The first-order chi connectivity index (χ1) is 15.2. The zero-order chi connectivity index (χ0) is 22.9. The summed E-state index contributed by atoms with van der Waals surface area (Å²) in [7, 11) is 1.75. The molecule has 10 heteroatoms. The number of pyridine rings is 1. The van der Waals surface area contributed by atoms with E-state index in [4.69, 9.17) is 5.73 Å². The summed E-state index contributed by atoms with van der Waals surface area (Å²) in [4.78, 5) is 14.3. The molecule has 0 atom stereocenters. The standard InChI is InChI=1S/C13H12F3N3.C9H13N3O/c14-13(15,16)12-7-9(4-5-17-12)11-8-10-3-1-2-6-19(10)18-11;1-12-8(9(10)13)5-7(11-12)6-3-2-4-6/h4-5,7-8H,1-3,6H2;5-6H,2-4H2,1H3,(H2,10,13). The number of carbonyl (C=O) groups is 1. The van der Waals surface area contributed by atoms with Crippen molar-refractivity contribution in [2.24, 2.45) is 12.8 Å². The van der Waals surface area contributed by atoms with Gasteiger partial charge in [0.25, 0.3) is 5.91 Å². The lowest BCUT2D eigenvalue weighted by Crippen LogP contribution is -2.15. The molecule has 3 aromatic heterocycles. The fraction of sp³-hybridized carbons (Fsp3) is 0.455. The predicted molar refractivity (Wildman–Crippen MR) is 112 cm³/mol. The van der Waals surface area contributed by atoms with Crippen LogP contribution in [0.4, 0.5) is 13.2 Å². The molecular formula is C22H25F3N6O. The van der Waals surface area contributed by atoms with Gasteiger partial charge in [0, 0.05) is 37.0 Å². The lowest BCUT2D eigenvalue weighted by Gasteiger charge is -2.22. The molecule has 5 rings (SSSR count). The Morgan fingerprint density at radius 2 is 1.91 bits per heavy atom. The van der Waals surface area contributed by atoms with Crippen LogP contribution in [0.2, 0.25) is 0 Å². The quantitative estimate of drug-likeness (QED) is 0.656. The second-order valence-electron chi connectivity index (χ2n) is 8.20. The molecule has 170 valence electrons. The molecular weight excluding hydrogens is 421 g/mol. The van der Waals surface area contributed by atoms with Crippen molar-refractivity contribution < 1.29 is 18.0 Å². The van der Waals surface area contributed by atoms with Crippen molar-refractivity contribution in [3.05, 3.63) is 53.2 Å². The SMILES string of the molecule is Cn1nc(C2CCC2)cc1C(N)=O.FC(F)(F)c1cc(-c2cc3n(n2)CCCC3)ccn1. The van der Waals surface area contributed by atoms with Gasteiger partial charge in [-0.3, -0.25) is 19.1 Å². The van der Waals surface area contributed by atoms with E-state index in [9.17, 15) is 18.0 Å². The number of rotatable bonds is 3. The van der Waals surface area contributed by atoms with Crippen LogP contribution in [-0.4, -0.2) is 30.5 Å². The molecule has 2 aliphatic rings. The number of nitrogens with two attached hydrogens (primary N) is 1. The number of aromatic nitrogens is 5. The second-order valence-corrected chi connectivity index (χ2v) is 8.20. The molecule has 0 radical (unpaired) electrons. The summed E-state index contributed by atoms with van der Waals surface area (Å²) >= 11 is 0. The van der Waals surface area contributed by atoms with Crippen molar-refractivity contribution >= 4 is 5.91 Å². The first-order valence-electron chi connectivity index (χ1n) is 10.7. The van der Waals surface area contributed by atoms with Crippen molar-refractivity contribution in [2.75, 3.05) is 0 Å². The van der Waals surface area contributed by atoms with Gasteiger partial charge in [-0.1, -0.05) is 6.42 Å². The van der Waals surface area contributed by atoms with Crippen LogP contribution in [0.3, 0.4) is 0 Å². The van der Waals surface area contributed by atoms with Crippen molar-refractivity contribution in [3.8, 4) is 11.3 Å². The molecule has 1 amide bonds. The summed E-state index contributed by atoms with van der Waals surface area (Å²) in [5.74, 6) is 0.153. The average molecular weight is 446 g/mol. The van der Waals surface area contributed by atoms with Gasteiger partial charge in [-0.05, 0) is 56.4 Å². The Balaban J connectivity index is 0.000000165. The Hall–Kier alpha value is -3.17. The number of alkyl halides is 3. The smallest absolute Gasteiger partial charge is 0.364 e. The number of hydrogen-bond donors (Lipinski definition) is 1. The van der Waals surface area contributed by atoms with Crippen LogP contribution in [-0.2, 0) is 26.2 Å². The zero-order valence-electron chi connectivity index (χ0n) is 17.8. The van der Waals surface area contributed by atoms with Gasteiger partial charge in [0.15, 0.2) is 0 Å². The first kappa shape index (κ1) is 22.0. The Morgan fingerprint density at radius 3 is 2.50 bits per heavy atom. The molecule has 3 aromatic rings. The fourth-order valence-electron chi connectivity index (χ4n) is 3.93. The third-order valence-electron chi connectivity index (χ3n) is 5.94. The van der Waals surface area contributed by atoms with Gasteiger partial charge in [-0.2, -0.15) is 23.4 Å². The first-order valence-corrected chi connectivity index (χ1v) is 10.7. The van der Waals surface area contributed by atoms with Gasteiger partial charge >= 0.3 is 6.18 Å². The van der Waals surface area contributed by atoms with E-state index in [2.05, 4.69) is 15.2 Å². The third-order valence-corrected chi connectivity index (χ3v) is 5.94. The maximum absolute atomic E-state index is 12.6. The Labute approximate surface area is 183 Å². The predicted octanol–water partition coefficient (Wildman–Crippen LogP) is 4.09. The minimum absolute atomic E-state index is 0.402. The lowest BCUT2D eigenvalue weighted by atomic mass is 9.83. The Kier molecular flexibility index (Phi) is 6.03. The van der Waals surface area contributed by atoms with Gasteiger partial charge in [0.1, 0.15) is 11.4 Å². The van der Waals surface area contributed by atoms with Crippen LogP contribution in [0.15, 0.2) is 30.5 Å². The summed E-state index contributed by atoms with van der Waals surface area (Å²) in [6.45, 7) is 0.840. The number of primary amides is 1. The monoisotopic (exact) mass is 446 g/mol. The summed E-state index contributed by atoms with van der Waals surface area (Å²) in [6.07, 6.45) is 3.52. The highest BCUT2D eigenvalue weighted by molar-refractivity contribution is 5.91. The molecule has 2 N–H and O–H groups in total. The summed E-state index contributed by atoms with van der Waals surface area (Å²) < 4.78 is 41.3. The van der Waals surface area contributed by atoms with Gasteiger partial charge < -0.3 is 5.73 Å². The van der Waals surface area contributed by atoms with Crippen LogP contribution >= 0.6 is 0 Å². The molecule has 1 fully saturated rings. The molecule has 0 saturated heterocycles. The topological polar surface area (TPSA) is 91.6 Å². The van der Waals surface area contributed by atoms with Crippen molar-refractivity contribution in [2.45, 2.75) is 57.2 Å². The van der Waals surface area contributed by atoms with E-state index in [1.807, 2.05) is 16.8 Å². The number of amides is 1. The molecule has 1 aliphatic carbocycles. The molecule has 4 heterocycles. The molecule has 0 aromatic carbocycles. The normalized spacial score (nSPS) is 16.0. The Morgan fingerprint density at radius 1 is 1.12 bits per heavy atom. The molecule has 7 nitrogen and oxygen atoms in total. The van der Waals surface area contributed by atoms with Crippen LogP contribution in [0, 0.1) is 0 Å². The number of aryl methyl sites for hydroxylation is 3. The summed E-state index contributed by atoms with van der Waals surface area (Å²) in [6, 6.07) is 6.29. The number of carbonyl (C=O) groups excluding carboxylic acids is 1. The minimum Gasteiger partial charge on any atom is -0.364 e. The van der Waals surface area contributed by atoms with Crippen molar-refractivity contribution in [1.82, 2.24) is 24.5 Å². The molecule has 32 heavy (non-hydrogen) atoms. The Bertz CT molecular complexity index is 1090.